The van der Waals surface area contributed by atoms with Gasteiger partial charge in [0.05, 0.1) is 32.0 Å². The highest BCUT2D eigenvalue weighted by atomic mass is 16.7. The van der Waals surface area contributed by atoms with Crippen molar-refractivity contribution in [1.29, 1.82) is 0 Å². The van der Waals surface area contributed by atoms with Crippen LogP contribution in [0, 0.1) is 0 Å². The summed E-state index contributed by atoms with van der Waals surface area (Å²) in [6.07, 6.45) is 79.4. The first-order valence-corrected chi connectivity index (χ1v) is 38.4. The van der Waals surface area contributed by atoms with Gasteiger partial charge in [-0.15, -0.1) is 0 Å². The van der Waals surface area contributed by atoms with Gasteiger partial charge in [0.1, 0.15) is 48.8 Å². The predicted octanol–water partition coefficient (Wildman–Crippen LogP) is 17.0. The lowest BCUT2D eigenvalue weighted by Crippen LogP contribution is -2.65. The average molecular weight is 1350 g/mol. The molecule has 0 aromatic heterocycles. The van der Waals surface area contributed by atoms with E-state index in [1.165, 1.54) is 148 Å². The molecule has 0 bridgehead atoms. The lowest BCUT2D eigenvalue weighted by Gasteiger charge is -2.46. The first-order valence-electron chi connectivity index (χ1n) is 38.4. The summed E-state index contributed by atoms with van der Waals surface area (Å²) in [6.45, 7) is 2.67. The molecule has 14 nitrogen and oxygen atoms in total. The Hall–Kier alpha value is -3.87. The Morgan fingerprint density at radius 3 is 1.15 bits per heavy atom. The summed E-state index contributed by atoms with van der Waals surface area (Å²) < 4.78 is 22.9. The molecule has 2 aliphatic rings. The third-order valence-electron chi connectivity index (χ3n) is 17.8. The van der Waals surface area contributed by atoms with Crippen molar-refractivity contribution in [2.75, 3.05) is 19.8 Å². The molecule has 12 atom stereocenters. The number of aliphatic hydroxyl groups excluding tert-OH is 8. The van der Waals surface area contributed by atoms with Gasteiger partial charge in [-0.05, 0) is 103 Å². The summed E-state index contributed by atoms with van der Waals surface area (Å²) in [5, 5.41) is 87.6. The Balaban J connectivity index is 1.69. The molecule has 550 valence electrons. The predicted molar refractivity (Wildman–Crippen MR) is 396 cm³/mol. The third-order valence-corrected chi connectivity index (χ3v) is 17.8. The number of allylic oxidation sites excluding steroid dienone is 21. The van der Waals surface area contributed by atoms with E-state index in [1.807, 2.05) is 6.08 Å². The fraction of sp³-hybridized carbons (Fsp3) is 0.720. The van der Waals surface area contributed by atoms with Gasteiger partial charge in [0, 0.05) is 6.42 Å². The molecule has 0 aromatic rings. The van der Waals surface area contributed by atoms with Gasteiger partial charge in [0.15, 0.2) is 12.6 Å². The van der Waals surface area contributed by atoms with Gasteiger partial charge in [-0.1, -0.05) is 308 Å². The fourth-order valence-corrected chi connectivity index (χ4v) is 11.8. The van der Waals surface area contributed by atoms with Crippen LogP contribution in [0.25, 0.3) is 0 Å². The van der Waals surface area contributed by atoms with Crippen LogP contribution in [0.1, 0.15) is 284 Å². The number of hydrogen-bond donors (Lipinski definition) is 9. The van der Waals surface area contributed by atoms with Crippen LogP contribution in [-0.4, -0.2) is 140 Å². The van der Waals surface area contributed by atoms with Crippen LogP contribution in [0.4, 0.5) is 0 Å². The molecule has 2 rings (SSSR count). The minimum absolute atomic E-state index is 0.242. The van der Waals surface area contributed by atoms with Crippen molar-refractivity contribution in [1.82, 2.24) is 5.32 Å². The number of carbonyl (C=O) groups is 1. The van der Waals surface area contributed by atoms with E-state index in [-0.39, 0.29) is 18.9 Å². The first-order chi connectivity index (χ1) is 47.1. The molecule has 2 saturated heterocycles. The number of hydrogen-bond acceptors (Lipinski definition) is 13. The van der Waals surface area contributed by atoms with Gasteiger partial charge in [-0.3, -0.25) is 4.79 Å². The minimum Gasteiger partial charge on any atom is -0.394 e. The number of amides is 1. The lowest BCUT2D eigenvalue weighted by molar-refractivity contribution is -0.359. The Labute approximate surface area is 583 Å². The quantitative estimate of drug-likeness (QED) is 0.0204. The molecule has 0 aromatic carbocycles. The second-order valence-electron chi connectivity index (χ2n) is 26.4. The Bertz CT molecular complexity index is 2130. The molecule has 0 radical (unpaired) electrons. The van der Waals surface area contributed by atoms with Crippen molar-refractivity contribution in [3.63, 3.8) is 0 Å². The highest BCUT2D eigenvalue weighted by Gasteiger charge is 2.51. The Kier molecular flexibility index (Phi) is 59.3. The fourth-order valence-electron chi connectivity index (χ4n) is 11.8. The van der Waals surface area contributed by atoms with E-state index in [0.717, 1.165) is 103 Å². The van der Waals surface area contributed by atoms with Gasteiger partial charge in [0.2, 0.25) is 5.91 Å². The van der Waals surface area contributed by atoms with Gasteiger partial charge >= 0.3 is 0 Å². The number of aliphatic hydroxyl groups is 8. The lowest BCUT2D eigenvalue weighted by atomic mass is 9.97. The van der Waals surface area contributed by atoms with Gasteiger partial charge in [-0.25, -0.2) is 0 Å². The molecule has 9 N–H and O–H groups in total. The standard InChI is InChI=1S/C82H139NO13/c1-3-5-7-9-11-13-15-17-19-21-23-25-27-29-31-33-34-35-36-38-40-42-44-46-48-50-52-54-56-58-60-62-64-66-74(87)83-70(69-93-81-79(92)77(90)80(73(68-85)95-81)96-82-78(91)76(89)75(88)72(67-84)94-82)71(86)65-63-61-59-57-55-53-51-49-47-45-43-41-39-37-32-30-28-26-24-22-20-18-16-14-12-10-8-6-4-2/h5,7,11,13,17,19,23,25,29,31,34-35,38,40,44,46,50,52,55,57,63,65,70-73,75-82,84-86,88-92H,3-4,6,8-10,12,14-16,18,20-22,24,26-28,30,32-33,36-37,39,41-43,45,47-49,51,53-54,56,58-62,64,66-69H2,1-2H3,(H,83,87)/b7-5-,13-11-,19-17-,25-23-,31-29-,35-34-,40-38-,46-44-,52-50-,57-55+,65-63+. The van der Waals surface area contributed by atoms with Crippen molar-refractivity contribution in [2.24, 2.45) is 0 Å². The van der Waals surface area contributed by atoms with Crippen LogP contribution in [0.15, 0.2) is 134 Å². The molecule has 96 heavy (non-hydrogen) atoms. The minimum atomic E-state index is -1.80. The third kappa shape index (κ3) is 47.2. The second kappa shape index (κ2) is 64.5. The highest BCUT2D eigenvalue weighted by Crippen LogP contribution is 2.30. The number of rotatable bonds is 62. The van der Waals surface area contributed by atoms with E-state index in [9.17, 15) is 45.6 Å². The maximum Gasteiger partial charge on any atom is 0.220 e. The van der Waals surface area contributed by atoms with Crippen LogP contribution in [0.5, 0.6) is 0 Å². The van der Waals surface area contributed by atoms with Gasteiger partial charge < -0.3 is 65.1 Å². The van der Waals surface area contributed by atoms with Crippen LogP contribution in [0.3, 0.4) is 0 Å². The molecule has 12 unspecified atom stereocenters. The molecular formula is C82H139NO13. The first kappa shape index (κ1) is 88.2. The van der Waals surface area contributed by atoms with E-state index in [1.54, 1.807) is 6.08 Å². The molecule has 2 heterocycles. The van der Waals surface area contributed by atoms with Crippen LogP contribution in [0.2, 0.25) is 0 Å². The average Bonchev–Trinajstić information content (AvgIpc) is 0.812. The molecule has 0 saturated carbocycles. The Morgan fingerprint density at radius 1 is 0.385 bits per heavy atom. The molecule has 14 heteroatoms. The van der Waals surface area contributed by atoms with Crippen molar-refractivity contribution in [3.8, 4) is 0 Å². The van der Waals surface area contributed by atoms with Crippen molar-refractivity contribution in [2.45, 2.75) is 357 Å². The van der Waals surface area contributed by atoms with E-state index in [4.69, 9.17) is 18.9 Å². The topological polar surface area (TPSA) is 228 Å². The van der Waals surface area contributed by atoms with Crippen molar-refractivity contribution >= 4 is 5.91 Å². The van der Waals surface area contributed by atoms with Crippen molar-refractivity contribution < 1.29 is 64.6 Å². The number of unbranched alkanes of at least 4 members (excludes halogenated alkanes) is 29. The summed E-state index contributed by atoms with van der Waals surface area (Å²) >= 11 is 0. The monoisotopic (exact) mass is 1350 g/mol. The summed E-state index contributed by atoms with van der Waals surface area (Å²) in [5.74, 6) is -0.271. The Morgan fingerprint density at radius 2 is 0.729 bits per heavy atom. The van der Waals surface area contributed by atoms with E-state index in [0.29, 0.717) is 12.8 Å². The van der Waals surface area contributed by atoms with Crippen molar-refractivity contribution in [3.05, 3.63) is 134 Å². The van der Waals surface area contributed by atoms with Crippen LogP contribution >= 0.6 is 0 Å². The number of ether oxygens (including phenoxy) is 4. The van der Waals surface area contributed by atoms with Crippen LogP contribution in [-0.2, 0) is 23.7 Å². The molecular weight excluding hydrogens is 1210 g/mol. The zero-order valence-electron chi connectivity index (χ0n) is 60.1. The van der Waals surface area contributed by atoms with Gasteiger partial charge in [0.25, 0.3) is 0 Å². The maximum absolute atomic E-state index is 13.4. The summed E-state index contributed by atoms with van der Waals surface area (Å²) in [7, 11) is 0. The summed E-state index contributed by atoms with van der Waals surface area (Å²) in [4.78, 5) is 13.4. The smallest absolute Gasteiger partial charge is 0.220 e. The van der Waals surface area contributed by atoms with E-state index in [2.05, 4.69) is 141 Å². The summed E-state index contributed by atoms with van der Waals surface area (Å²) in [6, 6.07) is -0.955. The molecule has 0 spiro atoms. The number of carbonyl (C=O) groups excluding carboxylic acids is 1. The zero-order valence-corrected chi connectivity index (χ0v) is 60.1. The summed E-state index contributed by atoms with van der Waals surface area (Å²) in [5.41, 5.74) is 0. The molecule has 1 amide bonds. The largest absolute Gasteiger partial charge is 0.394 e. The van der Waals surface area contributed by atoms with E-state index >= 15 is 0 Å². The normalized spacial score (nSPS) is 23.0. The van der Waals surface area contributed by atoms with E-state index < -0.39 is 86.8 Å². The molecule has 2 aliphatic heterocycles. The molecule has 0 aliphatic carbocycles. The van der Waals surface area contributed by atoms with Gasteiger partial charge in [-0.2, -0.15) is 0 Å². The second-order valence-corrected chi connectivity index (χ2v) is 26.4. The molecule has 2 fully saturated rings. The zero-order chi connectivity index (χ0) is 69.4. The highest BCUT2D eigenvalue weighted by molar-refractivity contribution is 5.76. The van der Waals surface area contributed by atoms with Crippen LogP contribution < -0.4 is 5.32 Å². The number of nitrogens with one attached hydrogen (secondary N) is 1. The SMILES string of the molecule is CC/C=C\C/C=C\C/C=C\C/C=C\C/C=C\C/C=C\C/C=C\C/C=C\C/C=C\CCCCCCCC(=O)NC(COC1OC(CO)C(OC2OC(CO)C(O)C(O)C2O)C(O)C1O)C(O)/C=C/CC/C=C/CCCCCCCCCCCCCCCCCCCCCCCCC. The maximum atomic E-state index is 13.4.